The van der Waals surface area contributed by atoms with Crippen molar-refractivity contribution in [1.82, 2.24) is 4.98 Å². The molecule has 0 aliphatic rings. The van der Waals surface area contributed by atoms with Crippen molar-refractivity contribution in [2.75, 3.05) is 18.2 Å². The Morgan fingerprint density at radius 3 is 2.92 bits per heavy atom. The van der Waals surface area contributed by atoms with E-state index in [-0.39, 0.29) is 11.7 Å². The Kier molecular flexibility index (Phi) is 5.44. The Bertz CT molecular complexity index is 991. The van der Waals surface area contributed by atoms with Crippen molar-refractivity contribution in [3.8, 4) is 22.6 Å². The third kappa shape index (κ3) is 3.81. The van der Waals surface area contributed by atoms with Crippen LogP contribution < -0.4 is 10.1 Å². The summed E-state index contributed by atoms with van der Waals surface area (Å²) in [7, 11) is 1.53. The molecular weight excluding hydrogens is 350 g/mol. The molecule has 0 atom stereocenters. The molecule has 0 unspecified atom stereocenters. The number of aromatic nitrogens is 1. The van der Waals surface area contributed by atoms with Crippen LogP contribution in [0.3, 0.4) is 0 Å². The smallest absolute Gasteiger partial charge is 0.235 e. The minimum atomic E-state index is -0.280. The lowest BCUT2D eigenvalue weighted by Crippen LogP contribution is -2.14. The van der Waals surface area contributed by atoms with E-state index < -0.39 is 0 Å². The number of ether oxygens (including phenoxy) is 1. The molecule has 26 heavy (non-hydrogen) atoms. The van der Waals surface area contributed by atoms with Gasteiger partial charge in [-0.3, -0.25) is 4.79 Å². The lowest BCUT2D eigenvalue weighted by Gasteiger charge is -2.10. The number of carbonyl (C=O) groups is 1. The maximum Gasteiger partial charge on any atom is 0.235 e. The minimum absolute atomic E-state index is 0.0482. The van der Waals surface area contributed by atoms with Crippen LogP contribution in [0.25, 0.3) is 22.6 Å². The number of fused-ring (bicyclic) bond motifs is 1. The molecule has 0 saturated carbocycles. The third-order valence-electron chi connectivity index (χ3n) is 3.85. The van der Waals surface area contributed by atoms with Crippen molar-refractivity contribution < 1.29 is 13.9 Å². The second-order valence-electron chi connectivity index (χ2n) is 5.52. The summed E-state index contributed by atoms with van der Waals surface area (Å²) in [5.41, 5.74) is 3.93. The fraction of sp³-hybridized carbons (Fsp3) is 0.211. The molecule has 1 aromatic heterocycles. The summed E-state index contributed by atoms with van der Waals surface area (Å²) in [4.78, 5) is 16.5. The van der Waals surface area contributed by atoms with Crippen LogP contribution in [-0.2, 0) is 11.2 Å². The number of amides is 1. The topological polar surface area (TPSA) is 88.1 Å². The van der Waals surface area contributed by atoms with Crippen LogP contribution in [0, 0.1) is 10.7 Å². The van der Waals surface area contributed by atoms with Gasteiger partial charge in [0.1, 0.15) is 16.7 Å². The van der Waals surface area contributed by atoms with Gasteiger partial charge in [0.15, 0.2) is 5.58 Å². The first-order chi connectivity index (χ1) is 12.6. The lowest BCUT2D eigenvalue weighted by atomic mass is 10.1. The highest BCUT2D eigenvalue weighted by atomic mass is 32.2. The molecule has 7 heteroatoms. The van der Waals surface area contributed by atoms with E-state index in [1.54, 1.807) is 12.1 Å². The van der Waals surface area contributed by atoms with Gasteiger partial charge in [0.2, 0.25) is 11.8 Å². The number of oxazole rings is 1. The number of rotatable bonds is 6. The summed E-state index contributed by atoms with van der Waals surface area (Å²) in [6.07, 6.45) is 0.928. The van der Waals surface area contributed by atoms with E-state index in [1.807, 2.05) is 29.7 Å². The molecular formula is C19H17N3O3S. The van der Waals surface area contributed by atoms with Crippen LogP contribution in [0.4, 0.5) is 5.69 Å². The average Bonchev–Trinajstić information content (AvgIpc) is 3.09. The summed E-state index contributed by atoms with van der Waals surface area (Å²) in [6, 6.07) is 11.3. The molecule has 2 aromatic carbocycles. The van der Waals surface area contributed by atoms with E-state index in [4.69, 9.17) is 14.4 Å². The fourth-order valence-corrected chi connectivity index (χ4v) is 2.81. The Morgan fingerprint density at radius 2 is 2.19 bits per heavy atom. The second-order valence-corrected chi connectivity index (χ2v) is 6.28. The first kappa shape index (κ1) is 17.8. The number of methoxy groups -OCH3 is 1. The van der Waals surface area contributed by atoms with Gasteiger partial charge in [0, 0.05) is 5.56 Å². The third-order valence-corrected chi connectivity index (χ3v) is 4.38. The van der Waals surface area contributed by atoms with Crippen LogP contribution in [0.15, 0.2) is 40.8 Å². The number of anilines is 1. The lowest BCUT2D eigenvalue weighted by molar-refractivity contribution is -0.113. The maximum atomic E-state index is 11.9. The van der Waals surface area contributed by atoms with Crippen LogP contribution in [-0.4, -0.2) is 23.8 Å². The summed E-state index contributed by atoms with van der Waals surface area (Å²) >= 11 is 0.878. The van der Waals surface area contributed by atoms with Crippen LogP contribution in [0.1, 0.15) is 12.5 Å². The molecule has 0 bridgehead atoms. The number of nitriles is 1. The van der Waals surface area contributed by atoms with E-state index in [1.165, 1.54) is 12.7 Å². The van der Waals surface area contributed by atoms with Crippen molar-refractivity contribution >= 4 is 34.5 Å². The first-order valence-corrected chi connectivity index (χ1v) is 9.01. The predicted molar refractivity (Wildman–Crippen MR) is 102 cm³/mol. The zero-order valence-electron chi connectivity index (χ0n) is 14.4. The summed E-state index contributed by atoms with van der Waals surface area (Å²) in [6.45, 7) is 2.09. The Balaban J connectivity index is 1.94. The Morgan fingerprint density at radius 1 is 1.35 bits per heavy atom. The van der Waals surface area contributed by atoms with E-state index in [0.29, 0.717) is 22.9 Å². The minimum Gasteiger partial charge on any atom is -0.495 e. The number of hydrogen-bond acceptors (Lipinski definition) is 6. The monoisotopic (exact) mass is 367 g/mol. The maximum absolute atomic E-state index is 11.9. The van der Waals surface area contributed by atoms with Crippen LogP contribution in [0.2, 0.25) is 0 Å². The molecule has 0 radical (unpaired) electrons. The summed E-state index contributed by atoms with van der Waals surface area (Å²) in [5.74, 6) is 0.760. The molecule has 1 amide bonds. The van der Waals surface area contributed by atoms with Gasteiger partial charge in [0.05, 0.1) is 18.6 Å². The van der Waals surface area contributed by atoms with Crippen molar-refractivity contribution in [2.24, 2.45) is 0 Å². The van der Waals surface area contributed by atoms with E-state index in [0.717, 1.165) is 29.3 Å². The number of aryl methyl sites for hydroxylation is 1. The molecule has 3 rings (SSSR count). The first-order valence-electron chi connectivity index (χ1n) is 8.03. The Labute approximate surface area is 155 Å². The number of thiocyanates is 1. The van der Waals surface area contributed by atoms with Gasteiger partial charge in [-0.2, -0.15) is 5.26 Å². The fourth-order valence-electron chi connectivity index (χ4n) is 2.54. The number of carbonyl (C=O) groups excluding carboxylic acids is 1. The number of nitrogens with zero attached hydrogens (tertiary/aromatic N) is 2. The van der Waals surface area contributed by atoms with Gasteiger partial charge in [-0.15, -0.1) is 0 Å². The van der Waals surface area contributed by atoms with E-state index in [9.17, 15) is 4.79 Å². The molecule has 3 aromatic rings. The standard InChI is InChI=1S/C19H17N3O3S/c1-3-12-4-6-17-14(8-12)22-19(25-17)13-5-7-16(24-2)15(9-13)21-18(23)10-26-11-20/h4-9H,3,10H2,1-2H3,(H,21,23). The number of hydrogen-bond donors (Lipinski definition) is 1. The number of benzene rings is 2. The van der Waals surface area contributed by atoms with Crippen molar-refractivity contribution in [1.29, 1.82) is 5.26 Å². The summed E-state index contributed by atoms with van der Waals surface area (Å²) in [5, 5.41) is 13.2. The van der Waals surface area contributed by atoms with Gasteiger partial charge in [0.25, 0.3) is 0 Å². The Hall–Kier alpha value is -2.98. The normalized spacial score (nSPS) is 10.5. The largest absolute Gasteiger partial charge is 0.495 e. The highest BCUT2D eigenvalue weighted by molar-refractivity contribution is 8.04. The van der Waals surface area contributed by atoms with Crippen molar-refractivity contribution in [3.05, 3.63) is 42.0 Å². The van der Waals surface area contributed by atoms with Crippen molar-refractivity contribution in [2.45, 2.75) is 13.3 Å². The molecule has 0 aliphatic heterocycles. The number of thioether (sulfide) groups is 1. The molecule has 0 spiro atoms. The quantitative estimate of drug-likeness (QED) is 0.656. The molecule has 6 nitrogen and oxygen atoms in total. The van der Waals surface area contributed by atoms with E-state index >= 15 is 0 Å². The molecule has 0 saturated heterocycles. The number of nitrogens with one attached hydrogen (secondary N) is 1. The summed E-state index contributed by atoms with van der Waals surface area (Å²) < 4.78 is 11.1. The zero-order chi connectivity index (χ0) is 18.5. The van der Waals surface area contributed by atoms with Gasteiger partial charge in [-0.05, 0) is 54.1 Å². The second kappa shape index (κ2) is 7.93. The molecule has 132 valence electrons. The predicted octanol–water partition coefficient (Wildman–Crippen LogP) is 4.22. The van der Waals surface area contributed by atoms with Crippen LogP contribution >= 0.6 is 11.8 Å². The van der Waals surface area contributed by atoms with Crippen molar-refractivity contribution in [3.63, 3.8) is 0 Å². The van der Waals surface area contributed by atoms with Gasteiger partial charge >= 0.3 is 0 Å². The highest BCUT2D eigenvalue weighted by Gasteiger charge is 2.13. The molecule has 1 N–H and O–H groups in total. The van der Waals surface area contributed by atoms with Gasteiger partial charge in [-0.25, -0.2) is 4.98 Å². The highest BCUT2D eigenvalue weighted by Crippen LogP contribution is 2.32. The zero-order valence-corrected chi connectivity index (χ0v) is 15.2. The molecule has 0 aliphatic carbocycles. The molecule has 0 fully saturated rings. The molecule has 1 heterocycles. The van der Waals surface area contributed by atoms with Gasteiger partial charge < -0.3 is 14.5 Å². The SMILES string of the molecule is CCc1ccc2oc(-c3ccc(OC)c(NC(=O)CSC#N)c3)nc2c1. The average molecular weight is 367 g/mol. The van der Waals surface area contributed by atoms with Gasteiger partial charge in [-0.1, -0.05) is 13.0 Å². The van der Waals surface area contributed by atoms with Crippen LogP contribution in [0.5, 0.6) is 5.75 Å². The van der Waals surface area contributed by atoms with E-state index in [2.05, 4.69) is 17.2 Å².